The van der Waals surface area contributed by atoms with Gasteiger partial charge in [0.25, 0.3) is 5.91 Å². The average molecular weight is 531 g/mol. The summed E-state index contributed by atoms with van der Waals surface area (Å²) in [5.74, 6) is -0.231. The summed E-state index contributed by atoms with van der Waals surface area (Å²) in [4.78, 5) is 14.5. The zero-order valence-electron chi connectivity index (χ0n) is 17.7. The van der Waals surface area contributed by atoms with Gasteiger partial charge in [0.2, 0.25) is 10.0 Å². The van der Waals surface area contributed by atoms with Crippen LogP contribution in [0.5, 0.6) is 5.75 Å². The lowest BCUT2D eigenvalue weighted by atomic mass is 10.0. The van der Waals surface area contributed by atoms with Crippen molar-refractivity contribution in [2.45, 2.75) is 4.90 Å². The highest BCUT2D eigenvalue weighted by Gasteiger charge is 2.29. The summed E-state index contributed by atoms with van der Waals surface area (Å²) < 4.78 is 27.8. The average Bonchev–Trinajstić information content (AvgIpc) is 2.81. The largest absolute Gasteiger partial charge is 0.507 e. The van der Waals surface area contributed by atoms with Crippen LogP contribution in [0.3, 0.4) is 0 Å². The number of phenols is 1. The number of hydrogen-bond donors (Lipinski definition) is 2. The van der Waals surface area contributed by atoms with Crippen LogP contribution in [0.15, 0.2) is 75.1 Å². The van der Waals surface area contributed by atoms with E-state index in [9.17, 15) is 18.3 Å². The molecule has 3 aromatic rings. The summed E-state index contributed by atoms with van der Waals surface area (Å²) in [5, 5.41) is 15.9. The molecule has 0 atom stereocenters. The summed E-state index contributed by atoms with van der Waals surface area (Å²) in [6.07, 6.45) is 1.43. The van der Waals surface area contributed by atoms with Crippen LogP contribution < -0.4 is 5.43 Å². The quantitative estimate of drug-likeness (QED) is 0.376. The van der Waals surface area contributed by atoms with Crippen molar-refractivity contribution in [3.05, 3.63) is 70.7 Å². The van der Waals surface area contributed by atoms with Gasteiger partial charge >= 0.3 is 0 Å². The maximum atomic E-state index is 12.8. The molecule has 33 heavy (non-hydrogen) atoms. The number of carbonyl (C=O) groups is 1. The van der Waals surface area contributed by atoms with E-state index in [1.807, 2.05) is 35.2 Å². The monoisotopic (exact) mass is 530 g/mol. The van der Waals surface area contributed by atoms with Gasteiger partial charge in [-0.25, -0.2) is 13.8 Å². The highest BCUT2D eigenvalue weighted by molar-refractivity contribution is 9.10. The molecule has 10 heteroatoms. The van der Waals surface area contributed by atoms with Gasteiger partial charge in [0, 0.05) is 36.2 Å². The van der Waals surface area contributed by atoms with E-state index in [1.54, 1.807) is 30.3 Å². The van der Waals surface area contributed by atoms with E-state index in [-0.39, 0.29) is 23.1 Å². The molecule has 1 heterocycles. The van der Waals surface area contributed by atoms with E-state index >= 15 is 0 Å². The van der Waals surface area contributed by atoms with Crippen molar-refractivity contribution in [3.63, 3.8) is 0 Å². The number of hydrogen-bond acceptors (Lipinski definition) is 6. The predicted molar refractivity (Wildman–Crippen MR) is 131 cm³/mol. The Morgan fingerprint density at radius 3 is 2.45 bits per heavy atom. The van der Waals surface area contributed by atoms with Crippen LogP contribution in [0.1, 0.15) is 5.56 Å². The number of phenolic OH excluding ortho intramolecular Hbond substituents is 1. The number of nitrogens with zero attached hydrogens (tertiary/aromatic N) is 3. The molecule has 0 spiro atoms. The third-order valence-electron chi connectivity index (χ3n) is 5.48. The van der Waals surface area contributed by atoms with Crippen molar-refractivity contribution in [3.8, 4) is 5.75 Å². The zero-order valence-corrected chi connectivity index (χ0v) is 20.1. The zero-order chi connectivity index (χ0) is 23.4. The SMILES string of the molecule is O=C(CN1CCN(S(=O)(=O)c2ccc(Br)cc2)CC1)NN=Cc1c(O)ccc2ccccc12. The molecule has 0 saturated carbocycles. The van der Waals surface area contributed by atoms with Gasteiger partial charge in [0.05, 0.1) is 17.7 Å². The van der Waals surface area contributed by atoms with E-state index in [4.69, 9.17) is 0 Å². The first-order valence-electron chi connectivity index (χ1n) is 10.4. The fraction of sp³-hybridized carbons (Fsp3) is 0.217. The number of carbonyl (C=O) groups excluding carboxylic acids is 1. The standard InChI is InChI=1S/C23H23BrN4O4S/c24-18-6-8-19(9-7-18)33(31,32)28-13-11-27(12-14-28)16-23(30)26-25-15-21-20-4-2-1-3-17(20)5-10-22(21)29/h1-10,15,29H,11-14,16H2,(H,26,30). The first-order chi connectivity index (χ1) is 15.8. The van der Waals surface area contributed by atoms with Crippen LogP contribution in [-0.4, -0.2) is 67.6 Å². The Hall–Kier alpha value is -2.79. The van der Waals surface area contributed by atoms with E-state index < -0.39 is 10.0 Å². The van der Waals surface area contributed by atoms with Crippen molar-refractivity contribution in [1.29, 1.82) is 0 Å². The van der Waals surface area contributed by atoms with Crippen LogP contribution >= 0.6 is 15.9 Å². The van der Waals surface area contributed by atoms with Gasteiger partial charge in [-0.2, -0.15) is 9.41 Å². The van der Waals surface area contributed by atoms with Crippen molar-refractivity contribution in [1.82, 2.24) is 14.6 Å². The lowest BCUT2D eigenvalue weighted by Gasteiger charge is -2.33. The number of hydrazone groups is 1. The molecule has 1 saturated heterocycles. The first kappa shape index (κ1) is 23.4. The maximum Gasteiger partial charge on any atom is 0.254 e. The Kier molecular flexibility index (Phi) is 7.08. The van der Waals surface area contributed by atoms with Gasteiger partial charge in [0.15, 0.2) is 0 Å². The minimum absolute atomic E-state index is 0.0785. The number of sulfonamides is 1. The first-order valence-corrected chi connectivity index (χ1v) is 12.6. The van der Waals surface area contributed by atoms with Crippen molar-refractivity contribution < 1.29 is 18.3 Å². The summed E-state index contributed by atoms with van der Waals surface area (Å²) in [5.41, 5.74) is 3.01. The van der Waals surface area contributed by atoms with E-state index in [0.29, 0.717) is 31.7 Å². The molecule has 1 aliphatic rings. The minimum Gasteiger partial charge on any atom is -0.507 e. The predicted octanol–water partition coefficient (Wildman–Crippen LogP) is 2.76. The Morgan fingerprint density at radius 2 is 1.73 bits per heavy atom. The van der Waals surface area contributed by atoms with Gasteiger partial charge in [-0.3, -0.25) is 9.69 Å². The molecule has 0 unspecified atom stereocenters. The molecular weight excluding hydrogens is 508 g/mol. The van der Waals surface area contributed by atoms with Crippen LogP contribution in [0.4, 0.5) is 0 Å². The summed E-state index contributed by atoms with van der Waals surface area (Å²) in [6.45, 7) is 1.59. The molecule has 3 aromatic carbocycles. The molecule has 1 aliphatic heterocycles. The van der Waals surface area contributed by atoms with Gasteiger partial charge in [-0.15, -0.1) is 0 Å². The fourth-order valence-electron chi connectivity index (χ4n) is 3.71. The molecule has 2 N–H and O–H groups in total. The number of fused-ring (bicyclic) bond motifs is 1. The topological polar surface area (TPSA) is 102 Å². The van der Waals surface area contributed by atoms with Crippen LogP contribution in [-0.2, 0) is 14.8 Å². The summed E-state index contributed by atoms with van der Waals surface area (Å²) >= 11 is 3.31. The number of amides is 1. The Labute approximate surface area is 200 Å². The molecule has 0 aromatic heterocycles. The molecule has 1 fully saturated rings. The highest BCUT2D eigenvalue weighted by Crippen LogP contribution is 2.25. The van der Waals surface area contributed by atoms with E-state index in [2.05, 4.69) is 26.5 Å². The summed E-state index contributed by atoms with van der Waals surface area (Å²) in [7, 11) is -3.56. The maximum absolute atomic E-state index is 12.8. The second-order valence-electron chi connectivity index (χ2n) is 7.65. The summed E-state index contributed by atoms with van der Waals surface area (Å²) in [6, 6.07) is 17.5. The Morgan fingerprint density at radius 1 is 1.03 bits per heavy atom. The van der Waals surface area contributed by atoms with E-state index in [1.165, 1.54) is 10.5 Å². The Bertz CT molecular complexity index is 1290. The molecule has 1 amide bonds. The van der Waals surface area contributed by atoms with Gasteiger partial charge < -0.3 is 5.11 Å². The van der Waals surface area contributed by atoms with Crippen molar-refractivity contribution >= 4 is 48.8 Å². The molecule has 0 radical (unpaired) electrons. The van der Waals surface area contributed by atoms with Gasteiger partial charge in [-0.1, -0.05) is 46.3 Å². The lowest BCUT2D eigenvalue weighted by molar-refractivity contribution is -0.122. The molecule has 4 rings (SSSR count). The van der Waals surface area contributed by atoms with Gasteiger partial charge in [0.1, 0.15) is 5.75 Å². The highest BCUT2D eigenvalue weighted by atomic mass is 79.9. The normalized spacial score (nSPS) is 15.8. The van der Waals surface area contributed by atoms with Crippen molar-refractivity contribution in [2.24, 2.45) is 5.10 Å². The number of piperazine rings is 1. The molecule has 8 nitrogen and oxygen atoms in total. The molecule has 172 valence electrons. The minimum atomic E-state index is -3.56. The molecule has 0 bridgehead atoms. The van der Waals surface area contributed by atoms with Crippen LogP contribution in [0, 0.1) is 0 Å². The number of benzene rings is 3. The molecular formula is C23H23BrN4O4S. The lowest BCUT2D eigenvalue weighted by Crippen LogP contribution is -2.50. The number of nitrogens with one attached hydrogen (secondary N) is 1. The van der Waals surface area contributed by atoms with Crippen LogP contribution in [0.25, 0.3) is 10.8 Å². The fourth-order valence-corrected chi connectivity index (χ4v) is 5.40. The second kappa shape index (κ2) is 10.0. The number of halogens is 1. The smallest absolute Gasteiger partial charge is 0.254 e. The van der Waals surface area contributed by atoms with Gasteiger partial charge in [-0.05, 0) is 41.1 Å². The van der Waals surface area contributed by atoms with E-state index in [0.717, 1.165) is 15.2 Å². The van der Waals surface area contributed by atoms with Crippen molar-refractivity contribution in [2.75, 3.05) is 32.7 Å². The van der Waals surface area contributed by atoms with Crippen LogP contribution in [0.2, 0.25) is 0 Å². The third kappa shape index (κ3) is 5.41. The number of aromatic hydroxyl groups is 1. The second-order valence-corrected chi connectivity index (χ2v) is 10.5. The Balaban J connectivity index is 1.31. The number of rotatable bonds is 6. The molecule has 0 aliphatic carbocycles. The third-order valence-corrected chi connectivity index (χ3v) is 7.92.